The number of nitrogens with zero attached hydrogens (tertiary/aromatic N) is 4. The van der Waals surface area contributed by atoms with Crippen LogP contribution < -0.4 is 14.4 Å². The smallest absolute Gasteiger partial charge is 0.134 e. The van der Waals surface area contributed by atoms with E-state index in [0.29, 0.717) is 6.61 Å². The van der Waals surface area contributed by atoms with Gasteiger partial charge < -0.3 is 18.9 Å². The molecule has 154 valence electrons. The summed E-state index contributed by atoms with van der Waals surface area (Å²) in [7, 11) is 5.70. The highest BCUT2D eigenvalue weighted by Crippen LogP contribution is 2.31. The van der Waals surface area contributed by atoms with E-state index in [4.69, 9.17) is 9.47 Å². The molecule has 0 radical (unpaired) electrons. The van der Waals surface area contributed by atoms with Crippen LogP contribution in [0.4, 0.5) is 11.5 Å². The predicted molar refractivity (Wildman–Crippen MR) is 120 cm³/mol. The van der Waals surface area contributed by atoms with E-state index in [9.17, 15) is 0 Å². The van der Waals surface area contributed by atoms with Crippen molar-refractivity contribution in [3.63, 3.8) is 0 Å². The Labute approximate surface area is 176 Å². The molecule has 30 heavy (non-hydrogen) atoms. The second-order valence-electron chi connectivity index (χ2n) is 7.23. The van der Waals surface area contributed by atoms with Gasteiger partial charge in [-0.2, -0.15) is 0 Å². The van der Waals surface area contributed by atoms with Crippen molar-refractivity contribution in [3.05, 3.63) is 72.2 Å². The number of aryl methyl sites for hydroxylation is 2. The number of hydrogen-bond donors (Lipinski definition) is 0. The van der Waals surface area contributed by atoms with E-state index in [0.717, 1.165) is 46.0 Å². The molecule has 0 fully saturated rings. The Kier molecular flexibility index (Phi) is 5.57. The maximum absolute atomic E-state index is 6.02. The molecule has 6 nitrogen and oxygen atoms in total. The van der Waals surface area contributed by atoms with Crippen molar-refractivity contribution in [3.8, 4) is 11.5 Å². The predicted octanol–water partition coefficient (Wildman–Crippen LogP) is 4.89. The average Bonchev–Trinajstić information content (AvgIpc) is 3.17. The Bertz CT molecular complexity index is 1150. The van der Waals surface area contributed by atoms with Gasteiger partial charge in [-0.25, -0.2) is 9.97 Å². The number of aromatic nitrogens is 3. The van der Waals surface area contributed by atoms with E-state index in [-0.39, 0.29) is 0 Å². The Morgan fingerprint density at radius 1 is 1.00 bits per heavy atom. The summed E-state index contributed by atoms with van der Waals surface area (Å²) < 4.78 is 13.2. The van der Waals surface area contributed by atoms with Gasteiger partial charge in [-0.1, -0.05) is 19.1 Å². The van der Waals surface area contributed by atoms with Gasteiger partial charge in [-0.3, -0.25) is 0 Å². The fourth-order valence-electron chi connectivity index (χ4n) is 3.48. The second kappa shape index (κ2) is 8.45. The number of benzene rings is 2. The summed E-state index contributed by atoms with van der Waals surface area (Å²) >= 11 is 0. The van der Waals surface area contributed by atoms with E-state index in [1.807, 2.05) is 61.5 Å². The van der Waals surface area contributed by atoms with Crippen molar-refractivity contribution in [1.82, 2.24) is 14.5 Å². The zero-order valence-electron chi connectivity index (χ0n) is 17.8. The molecule has 0 aliphatic carbocycles. The van der Waals surface area contributed by atoms with Crippen LogP contribution in [0.5, 0.6) is 11.5 Å². The highest BCUT2D eigenvalue weighted by Gasteiger charge is 2.13. The summed E-state index contributed by atoms with van der Waals surface area (Å²) in [5.41, 5.74) is 5.38. The third kappa shape index (κ3) is 3.94. The quantitative estimate of drug-likeness (QED) is 0.441. The van der Waals surface area contributed by atoms with E-state index < -0.39 is 0 Å². The van der Waals surface area contributed by atoms with Gasteiger partial charge in [-0.15, -0.1) is 0 Å². The molecule has 0 saturated heterocycles. The number of rotatable bonds is 7. The van der Waals surface area contributed by atoms with Crippen LogP contribution in [0.25, 0.3) is 11.0 Å². The van der Waals surface area contributed by atoms with Crippen molar-refractivity contribution >= 4 is 22.5 Å². The number of ether oxygens (including phenoxy) is 2. The maximum Gasteiger partial charge on any atom is 0.134 e. The van der Waals surface area contributed by atoms with E-state index in [1.54, 1.807) is 7.11 Å². The molecule has 0 aliphatic heterocycles. The van der Waals surface area contributed by atoms with E-state index in [2.05, 4.69) is 40.0 Å². The normalized spacial score (nSPS) is 10.9. The van der Waals surface area contributed by atoms with Gasteiger partial charge in [0.1, 0.15) is 29.4 Å². The molecular weight excluding hydrogens is 376 g/mol. The molecule has 0 atom stereocenters. The van der Waals surface area contributed by atoms with Crippen LogP contribution in [-0.2, 0) is 20.1 Å². The van der Waals surface area contributed by atoms with Gasteiger partial charge in [0.05, 0.1) is 25.2 Å². The van der Waals surface area contributed by atoms with Gasteiger partial charge >= 0.3 is 0 Å². The fourth-order valence-corrected chi connectivity index (χ4v) is 3.48. The molecular formula is C24H26N4O2. The molecule has 0 aliphatic rings. The second-order valence-corrected chi connectivity index (χ2v) is 7.23. The first-order valence-corrected chi connectivity index (χ1v) is 9.98. The molecule has 0 spiro atoms. The van der Waals surface area contributed by atoms with Crippen LogP contribution in [0, 0.1) is 0 Å². The van der Waals surface area contributed by atoms with Crippen LogP contribution in [0.3, 0.4) is 0 Å². The molecule has 0 bridgehead atoms. The summed E-state index contributed by atoms with van der Waals surface area (Å²) in [5.74, 6) is 2.58. The third-order valence-electron chi connectivity index (χ3n) is 5.30. The molecule has 2 heterocycles. The molecule has 6 heteroatoms. The van der Waals surface area contributed by atoms with Crippen LogP contribution in [0.1, 0.15) is 18.1 Å². The lowest BCUT2D eigenvalue weighted by molar-refractivity contribution is 0.305. The highest BCUT2D eigenvalue weighted by molar-refractivity contribution is 5.79. The topological polar surface area (TPSA) is 52.4 Å². The summed E-state index contributed by atoms with van der Waals surface area (Å²) in [4.78, 5) is 11.1. The van der Waals surface area contributed by atoms with Crippen molar-refractivity contribution in [2.75, 3.05) is 19.1 Å². The SMILES string of the molecule is CCc1cc(OCc2ccc(OC)cc2)ccc1N(C)c1cc2c(cn1)ncn2C. The summed E-state index contributed by atoms with van der Waals surface area (Å²) in [6.45, 7) is 2.67. The molecule has 0 N–H and O–H groups in total. The number of pyridine rings is 1. The lowest BCUT2D eigenvalue weighted by Gasteiger charge is -2.22. The Morgan fingerprint density at radius 3 is 2.50 bits per heavy atom. The van der Waals surface area contributed by atoms with Crippen LogP contribution in [0.2, 0.25) is 0 Å². The van der Waals surface area contributed by atoms with Crippen LogP contribution in [-0.4, -0.2) is 28.7 Å². The minimum atomic E-state index is 0.515. The zero-order valence-corrected chi connectivity index (χ0v) is 17.8. The molecule has 0 saturated carbocycles. The lowest BCUT2D eigenvalue weighted by Crippen LogP contribution is -2.13. The van der Waals surface area contributed by atoms with E-state index in [1.165, 1.54) is 5.56 Å². The fraction of sp³-hybridized carbons (Fsp3) is 0.250. The standard InChI is InChI=1S/C24H26N4O2/c1-5-18-12-20(30-15-17-6-8-19(29-4)9-7-17)10-11-22(18)28(3)24-13-23-21(14-25-24)26-16-27(23)2/h6-14,16H,5,15H2,1-4H3. The van der Waals surface area contributed by atoms with Crippen LogP contribution >= 0.6 is 0 Å². The lowest BCUT2D eigenvalue weighted by atomic mass is 10.1. The van der Waals surface area contributed by atoms with E-state index >= 15 is 0 Å². The van der Waals surface area contributed by atoms with Gasteiger partial charge in [-0.05, 0) is 47.9 Å². The Hall–Kier alpha value is -3.54. The van der Waals surface area contributed by atoms with Crippen molar-refractivity contribution < 1.29 is 9.47 Å². The van der Waals surface area contributed by atoms with Crippen molar-refractivity contribution in [2.45, 2.75) is 20.0 Å². The minimum Gasteiger partial charge on any atom is -0.497 e. The minimum absolute atomic E-state index is 0.515. The summed E-state index contributed by atoms with van der Waals surface area (Å²) in [5, 5.41) is 0. The number of hydrogen-bond acceptors (Lipinski definition) is 5. The Balaban J connectivity index is 1.53. The number of imidazole rings is 1. The number of methoxy groups -OCH3 is 1. The first kappa shape index (κ1) is 19.8. The summed E-state index contributed by atoms with van der Waals surface area (Å²) in [6, 6.07) is 16.2. The number of fused-ring (bicyclic) bond motifs is 1. The average molecular weight is 402 g/mol. The summed E-state index contributed by atoms with van der Waals surface area (Å²) in [6.07, 6.45) is 4.52. The molecule has 4 aromatic rings. The molecule has 2 aromatic heterocycles. The van der Waals surface area contributed by atoms with Crippen LogP contribution in [0.15, 0.2) is 61.1 Å². The molecule has 0 amide bonds. The first-order chi connectivity index (χ1) is 14.6. The molecule has 2 aromatic carbocycles. The van der Waals surface area contributed by atoms with Gasteiger partial charge in [0, 0.05) is 25.8 Å². The monoisotopic (exact) mass is 402 g/mol. The van der Waals surface area contributed by atoms with Gasteiger partial charge in [0.2, 0.25) is 0 Å². The highest BCUT2D eigenvalue weighted by atomic mass is 16.5. The molecule has 0 unspecified atom stereocenters. The third-order valence-corrected chi connectivity index (χ3v) is 5.30. The molecule has 4 rings (SSSR count). The largest absolute Gasteiger partial charge is 0.497 e. The van der Waals surface area contributed by atoms with Crippen molar-refractivity contribution in [2.24, 2.45) is 7.05 Å². The van der Waals surface area contributed by atoms with Gasteiger partial charge in [0.25, 0.3) is 0 Å². The van der Waals surface area contributed by atoms with Crippen molar-refractivity contribution in [1.29, 1.82) is 0 Å². The zero-order chi connectivity index (χ0) is 21.1. The first-order valence-electron chi connectivity index (χ1n) is 9.98. The van der Waals surface area contributed by atoms with Gasteiger partial charge in [0.15, 0.2) is 0 Å². The maximum atomic E-state index is 6.02. The Morgan fingerprint density at radius 2 is 1.77 bits per heavy atom. The number of anilines is 2.